The van der Waals surface area contributed by atoms with E-state index in [4.69, 9.17) is 5.73 Å². The summed E-state index contributed by atoms with van der Waals surface area (Å²) in [5.41, 5.74) is 7.87. The Morgan fingerprint density at radius 2 is 1.52 bits per heavy atom. The highest BCUT2D eigenvalue weighted by Gasteiger charge is 2.14. The number of rotatable bonds is 3. The molecule has 2 aromatic rings. The molecule has 0 unspecified atom stereocenters. The lowest BCUT2D eigenvalue weighted by atomic mass is 9.87. The largest absolute Gasteiger partial charge is 0.399 e. The normalized spacial score (nSPS) is 11.7. The summed E-state index contributed by atoms with van der Waals surface area (Å²) in [6, 6.07) is 10.4. The molecule has 0 saturated carbocycles. The first kappa shape index (κ1) is 15.8. The summed E-state index contributed by atoms with van der Waals surface area (Å²) < 4.78 is 27.4. The van der Waals surface area contributed by atoms with Gasteiger partial charge in [-0.15, -0.1) is 11.8 Å². The molecule has 0 amide bonds. The smallest absolute Gasteiger partial charge is 0.141 e. The summed E-state index contributed by atoms with van der Waals surface area (Å²) in [6.07, 6.45) is 0. The molecule has 0 aliphatic rings. The maximum absolute atomic E-state index is 13.7. The summed E-state index contributed by atoms with van der Waals surface area (Å²) >= 11 is 1.14. The molecule has 4 heteroatoms. The van der Waals surface area contributed by atoms with Crippen LogP contribution in [0.1, 0.15) is 31.9 Å². The number of halogens is 2. The standard InChI is InChI=1S/C17H19F2NS/c1-17(2,3)12-6-4-11(5-7-12)10-21-16-14(18)8-13(20)9-15(16)19/h4-9H,10,20H2,1-3H3. The first-order valence-electron chi connectivity index (χ1n) is 6.74. The fourth-order valence-corrected chi connectivity index (χ4v) is 2.87. The lowest BCUT2D eigenvalue weighted by Crippen LogP contribution is -2.10. The molecule has 0 fully saturated rings. The van der Waals surface area contributed by atoms with E-state index in [1.165, 1.54) is 5.56 Å². The first-order valence-corrected chi connectivity index (χ1v) is 7.72. The fraction of sp³-hybridized carbons (Fsp3) is 0.294. The van der Waals surface area contributed by atoms with Crippen LogP contribution in [-0.4, -0.2) is 0 Å². The molecule has 21 heavy (non-hydrogen) atoms. The number of hydrogen-bond donors (Lipinski definition) is 1. The van der Waals surface area contributed by atoms with Crippen molar-refractivity contribution < 1.29 is 8.78 Å². The molecule has 0 bridgehead atoms. The molecule has 0 aliphatic carbocycles. The van der Waals surface area contributed by atoms with Crippen LogP contribution < -0.4 is 5.73 Å². The van der Waals surface area contributed by atoms with E-state index in [0.717, 1.165) is 29.5 Å². The number of hydrogen-bond acceptors (Lipinski definition) is 2. The Hall–Kier alpha value is -1.55. The van der Waals surface area contributed by atoms with Gasteiger partial charge in [0.2, 0.25) is 0 Å². The second-order valence-corrected chi connectivity index (χ2v) is 7.03. The number of nitrogen functional groups attached to an aromatic ring is 1. The van der Waals surface area contributed by atoms with E-state index < -0.39 is 11.6 Å². The minimum atomic E-state index is -0.608. The zero-order chi connectivity index (χ0) is 15.6. The third-order valence-electron chi connectivity index (χ3n) is 3.22. The van der Waals surface area contributed by atoms with Crippen molar-refractivity contribution in [1.82, 2.24) is 0 Å². The number of thioether (sulfide) groups is 1. The second-order valence-electron chi connectivity index (χ2n) is 6.05. The lowest BCUT2D eigenvalue weighted by Gasteiger charge is -2.19. The monoisotopic (exact) mass is 307 g/mol. The summed E-state index contributed by atoms with van der Waals surface area (Å²) in [5, 5.41) is 0. The van der Waals surface area contributed by atoms with Crippen LogP contribution in [0.15, 0.2) is 41.3 Å². The van der Waals surface area contributed by atoms with Gasteiger partial charge in [-0.3, -0.25) is 0 Å². The predicted octanol–water partition coefficient (Wildman–Crippen LogP) is 5.14. The van der Waals surface area contributed by atoms with E-state index in [1.807, 2.05) is 12.1 Å². The second kappa shape index (κ2) is 6.06. The zero-order valence-electron chi connectivity index (χ0n) is 12.4. The van der Waals surface area contributed by atoms with E-state index in [9.17, 15) is 8.78 Å². The molecule has 112 valence electrons. The minimum Gasteiger partial charge on any atom is -0.399 e. The summed E-state index contributed by atoms with van der Waals surface area (Å²) in [7, 11) is 0. The van der Waals surface area contributed by atoms with Crippen molar-refractivity contribution in [2.75, 3.05) is 5.73 Å². The summed E-state index contributed by atoms with van der Waals surface area (Å²) in [5.74, 6) is -0.699. The van der Waals surface area contributed by atoms with Gasteiger partial charge in [-0.25, -0.2) is 8.78 Å². The van der Waals surface area contributed by atoms with Crippen molar-refractivity contribution in [1.29, 1.82) is 0 Å². The van der Waals surface area contributed by atoms with E-state index in [0.29, 0.717) is 5.75 Å². The van der Waals surface area contributed by atoms with Crippen LogP contribution in [0.5, 0.6) is 0 Å². The predicted molar refractivity (Wildman–Crippen MR) is 85.5 cm³/mol. The molecule has 0 radical (unpaired) electrons. The molecular weight excluding hydrogens is 288 g/mol. The van der Waals surface area contributed by atoms with Gasteiger partial charge in [0.25, 0.3) is 0 Å². The molecular formula is C17H19F2NS. The van der Waals surface area contributed by atoms with Gasteiger partial charge < -0.3 is 5.73 Å². The van der Waals surface area contributed by atoms with Crippen LogP contribution in [0.25, 0.3) is 0 Å². The molecule has 0 saturated heterocycles. The van der Waals surface area contributed by atoms with Gasteiger partial charge in [-0.05, 0) is 28.7 Å². The van der Waals surface area contributed by atoms with Gasteiger partial charge in [-0.1, -0.05) is 45.0 Å². The van der Waals surface area contributed by atoms with E-state index in [1.54, 1.807) is 0 Å². The molecule has 0 atom stereocenters. The lowest BCUT2D eigenvalue weighted by molar-refractivity contribution is 0.542. The maximum Gasteiger partial charge on any atom is 0.141 e. The molecule has 2 rings (SSSR count). The van der Waals surface area contributed by atoms with Gasteiger partial charge in [0.15, 0.2) is 0 Å². The molecule has 2 aromatic carbocycles. The van der Waals surface area contributed by atoms with Gasteiger partial charge in [0.1, 0.15) is 11.6 Å². The zero-order valence-corrected chi connectivity index (χ0v) is 13.2. The van der Waals surface area contributed by atoms with Crippen molar-refractivity contribution in [3.63, 3.8) is 0 Å². The highest BCUT2D eigenvalue weighted by atomic mass is 32.2. The van der Waals surface area contributed by atoms with E-state index in [-0.39, 0.29) is 16.0 Å². The maximum atomic E-state index is 13.7. The van der Waals surface area contributed by atoms with Crippen molar-refractivity contribution >= 4 is 17.4 Å². The highest BCUT2D eigenvalue weighted by molar-refractivity contribution is 7.98. The Bertz CT molecular complexity index is 607. The number of anilines is 1. The first-order chi connectivity index (χ1) is 9.77. The van der Waals surface area contributed by atoms with Crippen LogP contribution in [-0.2, 0) is 11.2 Å². The Morgan fingerprint density at radius 3 is 2.00 bits per heavy atom. The van der Waals surface area contributed by atoms with Crippen LogP contribution >= 0.6 is 11.8 Å². The summed E-state index contributed by atoms with van der Waals surface area (Å²) in [6.45, 7) is 6.45. The van der Waals surface area contributed by atoms with Gasteiger partial charge in [0, 0.05) is 11.4 Å². The van der Waals surface area contributed by atoms with Crippen molar-refractivity contribution in [3.05, 3.63) is 59.2 Å². The van der Waals surface area contributed by atoms with Crippen molar-refractivity contribution in [2.24, 2.45) is 0 Å². The Balaban J connectivity index is 2.10. The van der Waals surface area contributed by atoms with Crippen LogP contribution in [0.2, 0.25) is 0 Å². The van der Waals surface area contributed by atoms with Crippen molar-refractivity contribution in [2.45, 2.75) is 36.8 Å². The fourth-order valence-electron chi connectivity index (χ4n) is 1.97. The average Bonchev–Trinajstić information content (AvgIpc) is 2.37. The minimum absolute atomic E-state index is 0.0177. The van der Waals surface area contributed by atoms with Crippen molar-refractivity contribution in [3.8, 4) is 0 Å². The van der Waals surface area contributed by atoms with Gasteiger partial charge in [-0.2, -0.15) is 0 Å². The molecule has 0 heterocycles. The Labute approximate surface area is 128 Å². The number of benzene rings is 2. The quantitative estimate of drug-likeness (QED) is 0.628. The molecule has 2 N–H and O–H groups in total. The topological polar surface area (TPSA) is 26.0 Å². The molecule has 0 aromatic heterocycles. The number of nitrogens with two attached hydrogens (primary N) is 1. The molecule has 0 aliphatic heterocycles. The van der Waals surface area contributed by atoms with E-state index >= 15 is 0 Å². The SMILES string of the molecule is CC(C)(C)c1ccc(CSc2c(F)cc(N)cc2F)cc1. The highest BCUT2D eigenvalue weighted by Crippen LogP contribution is 2.30. The van der Waals surface area contributed by atoms with E-state index in [2.05, 4.69) is 32.9 Å². The Morgan fingerprint density at radius 1 is 1.00 bits per heavy atom. The molecule has 0 spiro atoms. The van der Waals surface area contributed by atoms with Crippen LogP contribution in [0.3, 0.4) is 0 Å². The van der Waals surface area contributed by atoms with Gasteiger partial charge >= 0.3 is 0 Å². The Kier molecular flexibility index (Phi) is 4.57. The van der Waals surface area contributed by atoms with Crippen LogP contribution in [0.4, 0.5) is 14.5 Å². The third-order valence-corrected chi connectivity index (χ3v) is 4.38. The summed E-state index contributed by atoms with van der Waals surface area (Å²) in [4.78, 5) is 0.0177. The average molecular weight is 307 g/mol. The molecule has 1 nitrogen and oxygen atoms in total. The third kappa shape index (κ3) is 3.97. The van der Waals surface area contributed by atoms with Gasteiger partial charge in [0.05, 0.1) is 4.90 Å². The van der Waals surface area contributed by atoms with Crippen LogP contribution in [0, 0.1) is 11.6 Å².